The highest BCUT2D eigenvalue weighted by atomic mass is 32.1. The van der Waals surface area contributed by atoms with Gasteiger partial charge in [-0.25, -0.2) is 9.78 Å². The van der Waals surface area contributed by atoms with E-state index in [0.717, 1.165) is 5.52 Å². The Morgan fingerprint density at radius 3 is 2.63 bits per heavy atom. The van der Waals surface area contributed by atoms with E-state index in [-0.39, 0.29) is 6.61 Å². The molecule has 0 unspecified atom stereocenters. The summed E-state index contributed by atoms with van der Waals surface area (Å²) >= 11 is 3.28. The smallest absolute Gasteiger partial charge is 0.333 e. The minimum atomic E-state index is -0.394. The number of thiophene rings is 1. The lowest BCUT2D eigenvalue weighted by Gasteiger charge is -2.04. The third-order valence-corrected chi connectivity index (χ3v) is 4.68. The predicted octanol–water partition coefficient (Wildman–Crippen LogP) is 3.47. The zero-order valence-corrected chi connectivity index (χ0v) is 12.7. The number of hydrogen-bond acceptors (Lipinski definition) is 6. The van der Waals surface area contributed by atoms with Crippen molar-refractivity contribution in [2.45, 2.75) is 20.8 Å². The summed E-state index contributed by atoms with van der Waals surface area (Å²) in [7, 11) is 0. The largest absolute Gasteiger partial charge is 0.466 e. The number of carbonyl (C=O) groups excluding carboxylic acids is 1. The van der Waals surface area contributed by atoms with Gasteiger partial charge in [0.2, 0.25) is 0 Å². The van der Waals surface area contributed by atoms with Crippen LogP contribution in [0.4, 0.5) is 0 Å². The molecule has 0 amide bonds. The van der Waals surface area contributed by atoms with Crippen molar-refractivity contribution >= 4 is 38.9 Å². The molecule has 0 saturated carbocycles. The molecule has 0 spiro atoms. The third-order valence-electron chi connectivity index (χ3n) is 2.46. The van der Waals surface area contributed by atoms with Gasteiger partial charge in [0.1, 0.15) is 13.2 Å². The highest BCUT2D eigenvalue weighted by molar-refractivity contribution is 7.25. The molecular weight excluding hydrogens is 282 g/mol. The molecular formula is C13H15NO3S2. The molecule has 6 heteroatoms. The Kier molecular flexibility index (Phi) is 4.21. The van der Waals surface area contributed by atoms with Gasteiger partial charge in [-0.1, -0.05) is 17.9 Å². The van der Waals surface area contributed by atoms with E-state index >= 15 is 0 Å². The van der Waals surface area contributed by atoms with Crippen LogP contribution in [-0.2, 0) is 9.53 Å². The zero-order valence-electron chi connectivity index (χ0n) is 11.1. The molecule has 2 rings (SSSR count). The van der Waals surface area contributed by atoms with Crippen molar-refractivity contribution in [1.82, 2.24) is 4.98 Å². The van der Waals surface area contributed by atoms with Crippen molar-refractivity contribution in [1.29, 1.82) is 0 Å². The van der Waals surface area contributed by atoms with Crippen LogP contribution >= 0.6 is 22.7 Å². The number of rotatable bonds is 5. The number of thiazole rings is 1. The van der Waals surface area contributed by atoms with Crippen molar-refractivity contribution in [3.8, 4) is 5.19 Å². The third kappa shape index (κ3) is 3.13. The molecule has 0 aliphatic heterocycles. The molecule has 0 aliphatic carbocycles. The Morgan fingerprint density at radius 1 is 1.26 bits per heavy atom. The Morgan fingerprint density at radius 2 is 2.00 bits per heavy atom. The quantitative estimate of drug-likeness (QED) is 0.481. The minimum absolute atomic E-state index is 0.204. The lowest BCUT2D eigenvalue weighted by molar-refractivity contribution is -0.139. The van der Waals surface area contributed by atoms with Crippen LogP contribution in [0.2, 0.25) is 0 Å². The second-order valence-electron chi connectivity index (χ2n) is 4.14. The van der Waals surface area contributed by atoms with Crippen LogP contribution in [0.3, 0.4) is 0 Å². The fraction of sp³-hybridized carbons (Fsp3) is 0.385. The van der Waals surface area contributed by atoms with Gasteiger partial charge in [0.05, 0.1) is 10.2 Å². The Balaban J connectivity index is 1.90. The van der Waals surface area contributed by atoms with E-state index in [0.29, 0.717) is 17.4 Å². The predicted molar refractivity (Wildman–Crippen MR) is 78.2 cm³/mol. The number of fused-ring (bicyclic) bond motifs is 1. The molecule has 102 valence electrons. The van der Waals surface area contributed by atoms with E-state index in [1.807, 2.05) is 0 Å². The number of nitrogens with zero attached hydrogens (tertiary/aromatic N) is 1. The Hall–Kier alpha value is -1.40. The van der Waals surface area contributed by atoms with Crippen LogP contribution in [0.5, 0.6) is 5.19 Å². The number of hydrogen-bond donors (Lipinski definition) is 0. The first-order chi connectivity index (χ1) is 8.99. The summed E-state index contributed by atoms with van der Waals surface area (Å²) < 4.78 is 11.6. The molecule has 2 aromatic heterocycles. The number of aryl methyl sites for hydroxylation is 2. The molecule has 0 saturated heterocycles. The maximum absolute atomic E-state index is 11.2. The van der Waals surface area contributed by atoms with Crippen LogP contribution in [0, 0.1) is 13.8 Å². The van der Waals surface area contributed by atoms with Crippen molar-refractivity contribution in [3.05, 3.63) is 21.9 Å². The lowest BCUT2D eigenvalue weighted by Crippen LogP contribution is -2.12. The van der Waals surface area contributed by atoms with E-state index in [4.69, 9.17) is 9.47 Å². The van der Waals surface area contributed by atoms with E-state index in [1.54, 1.807) is 18.3 Å². The summed E-state index contributed by atoms with van der Waals surface area (Å²) in [5, 5.41) is 0.621. The number of ether oxygens (including phenoxy) is 2. The number of aromatic nitrogens is 1. The van der Waals surface area contributed by atoms with Gasteiger partial charge in [0.25, 0.3) is 5.19 Å². The van der Waals surface area contributed by atoms with Gasteiger partial charge in [0, 0.05) is 15.3 Å². The maximum Gasteiger partial charge on any atom is 0.333 e. The number of esters is 1. The second-order valence-corrected chi connectivity index (χ2v) is 6.53. The summed E-state index contributed by atoms with van der Waals surface area (Å²) in [6, 6.07) is 0. The van der Waals surface area contributed by atoms with Crippen molar-refractivity contribution in [3.63, 3.8) is 0 Å². The van der Waals surface area contributed by atoms with E-state index < -0.39 is 5.97 Å². The highest BCUT2D eigenvalue weighted by Crippen LogP contribution is 2.37. The molecule has 0 bridgehead atoms. The van der Waals surface area contributed by atoms with Crippen LogP contribution in [0.25, 0.3) is 10.2 Å². The standard InChI is InChI=1S/C13H15NO3S2/c1-7(2)12(15)16-5-6-17-13-14-10-8(3)18-9(4)11(10)19-13/h1,5-6H2,2-4H3. The van der Waals surface area contributed by atoms with Crippen molar-refractivity contribution in [2.24, 2.45) is 0 Å². The minimum Gasteiger partial charge on any atom is -0.466 e. The highest BCUT2D eigenvalue weighted by Gasteiger charge is 2.12. The summed E-state index contributed by atoms with van der Waals surface area (Å²) in [5.41, 5.74) is 1.40. The normalized spacial score (nSPS) is 10.7. The van der Waals surface area contributed by atoms with Crippen LogP contribution in [-0.4, -0.2) is 24.2 Å². The molecule has 0 aliphatic rings. The molecule has 0 aromatic carbocycles. The molecule has 4 nitrogen and oxygen atoms in total. The average molecular weight is 297 g/mol. The molecule has 0 atom stereocenters. The lowest BCUT2D eigenvalue weighted by atomic mass is 10.4. The van der Waals surface area contributed by atoms with Crippen LogP contribution in [0.15, 0.2) is 12.2 Å². The first-order valence-corrected chi connectivity index (χ1v) is 7.44. The maximum atomic E-state index is 11.2. The van der Waals surface area contributed by atoms with Crippen LogP contribution < -0.4 is 4.74 Å². The second kappa shape index (κ2) is 5.71. The SMILES string of the molecule is C=C(C)C(=O)OCCOc1nc2c(C)sc(C)c2s1. The van der Waals surface area contributed by atoms with E-state index in [9.17, 15) is 4.79 Å². The number of carbonyl (C=O) groups is 1. The molecule has 0 radical (unpaired) electrons. The first kappa shape index (κ1) is 14.0. The van der Waals surface area contributed by atoms with Crippen molar-refractivity contribution < 1.29 is 14.3 Å². The molecule has 2 aromatic rings. The molecule has 0 fully saturated rings. The summed E-state index contributed by atoms with van der Waals surface area (Å²) in [4.78, 5) is 18.0. The fourth-order valence-corrected chi connectivity index (χ4v) is 3.65. The summed E-state index contributed by atoms with van der Waals surface area (Å²) in [6.45, 7) is 9.76. The van der Waals surface area contributed by atoms with E-state index in [2.05, 4.69) is 25.4 Å². The van der Waals surface area contributed by atoms with Crippen LogP contribution in [0.1, 0.15) is 16.7 Å². The average Bonchev–Trinajstić information content (AvgIpc) is 2.87. The first-order valence-electron chi connectivity index (χ1n) is 5.81. The van der Waals surface area contributed by atoms with Gasteiger partial charge in [-0.2, -0.15) is 0 Å². The molecule has 19 heavy (non-hydrogen) atoms. The fourth-order valence-electron chi connectivity index (χ4n) is 1.55. The topological polar surface area (TPSA) is 48.4 Å². The molecule has 2 heterocycles. The van der Waals surface area contributed by atoms with Crippen molar-refractivity contribution in [2.75, 3.05) is 13.2 Å². The van der Waals surface area contributed by atoms with Gasteiger partial charge < -0.3 is 9.47 Å². The molecule has 0 N–H and O–H groups in total. The van der Waals surface area contributed by atoms with Gasteiger partial charge in [-0.3, -0.25) is 0 Å². The Bertz CT molecular complexity index is 593. The Labute approximate surface area is 119 Å². The van der Waals surface area contributed by atoms with Gasteiger partial charge >= 0.3 is 5.97 Å². The van der Waals surface area contributed by atoms with Gasteiger partial charge in [-0.15, -0.1) is 11.3 Å². The monoisotopic (exact) mass is 297 g/mol. The summed E-state index contributed by atoms with van der Waals surface area (Å²) in [5.74, 6) is -0.394. The van der Waals surface area contributed by atoms with E-state index in [1.165, 1.54) is 25.8 Å². The summed E-state index contributed by atoms with van der Waals surface area (Å²) in [6.07, 6.45) is 0. The van der Waals surface area contributed by atoms with Gasteiger partial charge in [0.15, 0.2) is 0 Å². The van der Waals surface area contributed by atoms with Gasteiger partial charge in [-0.05, 0) is 20.8 Å². The zero-order chi connectivity index (χ0) is 14.0.